The van der Waals surface area contributed by atoms with Gasteiger partial charge in [0.05, 0.1) is 26.4 Å². The number of aryl methyl sites for hydroxylation is 1. The first kappa shape index (κ1) is 14.0. The highest BCUT2D eigenvalue weighted by molar-refractivity contribution is 5.60. The second kappa shape index (κ2) is 5.78. The van der Waals surface area contributed by atoms with Crippen molar-refractivity contribution in [2.75, 3.05) is 19.0 Å². The molecule has 1 N–H and O–H groups in total. The van der Waals surface area contributed by atoms with E-state index >= 15 is 0 Å². The van der Waals surface area contributed by atoms with Crippen LogP contribution in [0.5, 0.6) is 5.75 Å². The second-order valence-electron chi connectivity index (χ2n) is 5.50. The van der Waals surface area contributed by atoms with Crippen LogP contribution >= 0.6 is 0 Å². The number of nitrogens with one attached hydrogen (secondary N) is 1. The van der Waals surface area contributed by atoms with Gasteiger partial charge in [-0.25, -0.2) is 0 Å². The van der Waals surface area contributed by atoms with E-state index in [2.05, 4.69) is 55.6 Å². The van der Waals surface area contributed by atoms with Crippen LogP contribution in [0.1, 0.15) is 28.3 Å². The Kier molecular flexibility index (Phi) is 3.84. The van der Waals surface area contributed by atoms with Gasteiger partial charge in [0.1, 0.15) is 5.75 Å². The Bertz CT molecular complexity index is 652. The van der Waals surface area contributed by atoms with Gasteiger partial charge in [0.25, 0.3) is 0 Å². The lowest BCUT2D eigenvalue weighted by Crippen LogP contribution is -2.23. The molecule has 2 aromatic carbocycles. The van der Waals surface area contributed by atoms with Crippen molar-refractivity contribution in [3.63, 3.8) is 0 Å². The Balaban J connectivity index is 1.92. The van der Waals surface area contributed by atoms with E-state index in [1.807, 2.05) is 0 Å². The van der Waals surface area contributed by atoms with E-state index in [0.29, 0.717) is 13.2 Å². The molecule has 21 heavy (non-hydrogen) atoms. The Hall–Kier alpha value is -2.00. The number of hydrogen-bond donors (Lipinski definition) is 1. The molecule has 0 fully saturated rings. The third-order valence-corrected chi connectivity index (χ3v) is 4.11. The summed E-state index contributed by atoms with van der Waals surface area (Å²) in [6.07, 6.45) is 0. The zero-order valence-electron chi connectivity index (χ0n) is 12.8. The van der Waals surface area contributed by atoms with Gasteiger partial charge in [-0.3, -0.25) is 0 Å². The molecule has 110 valence electrons. The van der Waals surface area contributed by atoms with Gasteiger partial charge in [-0.2, -0.15) is 0 Å². The van der Waals surface area contributed by atoms with Crippen molar-refractivity contribution in [1.82, 2.24) is 0 Å². The Morgan fingerprint density at radius 3 is 2.76 bits per heavy atom. The number of benzene rings is 2. The molecule has 2 aromatic rings. The van der Waals surface area contributed by atoms with Crippen molar-refractivity contribution in [3.05, 3.63) is 58.7 Å². The molecule has 0 aromatic heterocycles. The summed E-state index contributed by atoms with van der Waals surface area (Å²) in [5.74, 6) is 0.949. The minimum absolute atomic E-state index is 0.182. The van der Waals surface area contributed by atoms with Gasteiger partial charge in [0, 0.05) is 11.3 Å². The SMILES string of the molecule is COc1c(C)ccc(NC2COCc3ccccc32)c1C. The summed E-state index contributed by atoms with van der Waals surface area (Å²) in [5, 5.41) is 3.60. The van der Waals surface area contributed by atoms with Crippen molar-refractivity contribution in [2.24, 2.45) is 0 Å². The fourth-order valence-electron chi connectivity index (χ4n) is 2.99. The first-order valence-corrected chi connectivity index (χ1v) is 7.27. The average molecular weight is 283 g/mol. The Morgan fingerprint density at radius 2 is 1.95 bits per heavy atom. The molecule has 3 rings (SSSR count). The highest BCUT2D eigenvalue weighted by Crippen LogP contribution is 2.33. The van der Waals surface area contributed by atoms with Crippen LogP contribution in [0.2, 0.25) is 0 Å². The molecule has 0 saturated heterocycles. The predicted octanol–water partition coefficient (Wildman–Crippen LogP) is 4.00. The van der Waals surface area contributed by atoms with E-state index in [-0.39, 0.29) is 6.04 Å². The third kappa shape index (κ3) is 2.61. The fourth-order valence-corrected chi connectivity index (χ4v) is 2.99. The van der Waals surface area contributed by atoms with E-state index in [0.717, 1.165) is 22.6 Å². The van der Waals surface area contributed by atoms with Crippen LogP contribution in [-0.4, -0.2) is 13.7 Å². The van der Waals surface area contributed by atoms with Crippen molar-refractivity contribution >= 4 is 5.69 Å². The fraction of sp³-hybridized carbons (Fsp3) is 0.333. The molecule has 0 bridgehead atoms. The molecule has 1 aliphatic rings. The van der Waals surface area contributed by atoms with Crippen molar-refractivity contribution in [3.8, 4) is 5.75 Å². The van der Waals surface area contributed by atoms with Crippen LogP contribution < -0.4 is 10.1 Å². The summed E-state index contributed by atoms with van der Waals surface area (Å²) in [4.78, 5) is 0. The lowest BCUT2D eigenvalue weighted by atomic mass is 9.98. The third-order valence-electron chi connectivity index (χ3n) is 4.11. The van der Waals surface area contributed by atoms with Crippen LogP contribution in [0.3, 0.4) is 0 Å². The molecule has 1 heterocycles. The first-order chi connectivity index (χ1) is 10.2. The molecular formula is C18H21NO2. The van der Waals surface area contributed by atoms with E-state index in [1.54, 1.807) is 7.11 Å². The van der Waals surface area contributed by atoms with Gasteiger partial charge in [-0.1, -0.05) is 30.3 Å². The molecule has 0 aliphatic carbocycles. The summed E-state index contributed by atoms with van der Waals surface area (Å²) in [5.41, 5.74) is 5.98. The number of methoxy groups -OCH3 is 1. The summed E-state index contributed by atoms with van der Waals surface area (Å²) < 4.78 is 11.2. The van der Waals surface area contributed by atoms with E-state index in [4.69, 9.17) is 9.47 Å². The van der Waals surface area contributed by atoms with Gasteiger partial charge in [0.15, 0.2) is 0 Å². The van der Waals surface area contributed by atoms with Gasteiger partial charge < -0.3 is 14.8 Å². The molecule has 3 nitrogen and oxygen atoms in total. The van der Waals surface area contributed by atoms with Gasteiger partial charge >= 0.3 is 0 Å². The number of fused-ring (bicyclic) bond motifs is 1. The van der Waals surface area contributed by atoms with Crippen molar-refractivity contribution in [2.45, 2.75) is 26.5 Å². The van der Waals surface area contributed by atoms with Crippen LogP contribution in [0.15, 0.2) is 36.4 Å². The van der Waals surface area contributed by atoms with Gasteiger partial charge in [-0.05, 0) is 36.6 Å². The number of hydrogen-bond acceptors (Lipinski definition) is 3. The highest BCUT2D eigenvalue weighted by Gasteiger charge is 2.21. The Labute approximate surface area is 125 Å². The molecule has 0 amide bonds. The normalized spacial score (nSPS) is 17.2. The molecule has 1 aliphatic heterocycles. The molecule has 3 heteroatoms. The molecule has 0 spiro atoms. The van der Waals surface area contributed by atoms with Crippen LogP contribution in [0.25, 0.3) is 0 Å². The predicted molar refractivity (Wildman–Crippen MR) is 84.9 cm³/mol. The zero-order valence-corrected chi connectivity index (χ0v) is 12.8. The topological polar surface area (TPSA) is 30.5 Å². The Morgan fingerprint density at radius 1 is 1.14 bits per heavy atom. The monoisotopic (exact) mass is 283 g/mol. The van der Waals surface area contributed by atoms with Gasteiger partial charge in [0.2, 0.25) is 0 Å². The number of rotatable bonds is 3. The maximum absolute atomic E-state index is 5.71. The smallest absolute Gasteiger partial charge is 0.126 e. The van der Waals surface area contributed by atoms with Crippen molar-refractivity contribution < 1.29 is 9.47 Å². The van der Waals surface area contributed by atoms with Gasteiger partial charge in [-0.15, -0.1) is 0 Å². The first-order valence-electron chi connectivity index (χ1n) is 7.27. The quantitative estimate of drug-likeness (QED) is 0.923. The largest absolute Gasteiger partial charge is 0.496 e. The van der Waals surface area contributed by atoms with Crippen LogP contribution in [0.4, 0.5) is 5.69 Å². The number of ether oxygens (including phenoxy) is 2. The summed E-state index contributed by atoms with van der Waals surface area (Å²) >= 11 is 0. The molecule has 1 atom stereocenters. The summed E-state index contributed by atoms with van der Waals surface area (Å²) in [6.45, 7) is 5.54. The standard InChI is InChI=1S/C18H21NO2/c1-12-8-9-16(13(2)18(12)20-3)19-17-11-21-10-14-6-4-5-7-15(14)17/h4-9,17,19H,10-11H2,1-3H3. The molecule has 1 unspecified atom stereocenters. The zero-order chi connectivity index (χ0) is 14.8. The highest BCUT2D eigenvalue weighted by atomic mass is 16.5. The summed E-state index contributed by atoms with van der Waals surface area (Å²) in [7, 11) is 1.72. The van der Waals surface area contributed by atoms with Crippen LogP contribution in [-0.2, 0) is 11.3 Å². The molecule has 0 radical (unpaired) electrons. The maximum atomic E-state index is 5.71. The molecule has 0 saturated carbocycles. The average Bonchev–Trinajstić information content (AvgIpc) is 2.51. The van der Waals surface area contributed by atoms with E-state index in [1.165, 1.54) is 11.1 Å². The number of anilines is 1. The van der Waals surface area contributed by atoms with E-state index in [9.17, 15) is 0 Å². The lowest BCUT2D eigenvalue weighted by molar-refractivity contribution is 0.0970. The van der Waals surface area contributed by atoms with Crippen molar-refractivity contribution in [1.29, 1.82) is 0 Å². The lowest BCUT2D eigenvalue weighted by Gasteiger charge is -2.28. The van der Waals surface area contributed by atoms with E-state index < -0.39 is 0 Å². The van der Waals surface area contributed by atoms with Crippen LogP contribution in [0, 0.1) is 13.8 Å². The second-order valence-corrected chi connectivity index (χ2v) is 5.50. The maximum Gasteiger partial charge on any atom is 0.126 e. The molecular weight excluding hydrogens is 262 g/mol. The summed E-state index contributed by atoms with van der Waals surface area (Å²) in [6, 6.07) is 12.8. The minimum Gasteiger partial charge on any atom is -0.496 e. The minimum atomic E-state index is 0.182.